The lowest BCUT2D eigenvalue weighted by molar-refractivity contribution is -0.144. The van der Waals surface area contributed by atoms with Crippen molar-refractivity contribution in [2.24, 2.45) is 5.73 Å². The predicted molar refractivity (Wildman–Crippen MR) is 89.1 cm³/mol. The molecule has 2 N–H and O–H groups in total. The van der Waals surface area contributed by atoms with Crippen LogP contribution in [0.1, 0.15) is 51.7 Å². The van der Waals surface area contributed by atoms with Crippen LogP contribution in [0.4, 0.5) is 13.2 Å². The molecule has 5 nitrogen and oxygen atoms in total. The van der Waals surface area contributed by atoms with Crippen LogP contribution in [0.3, 0.4) is 0 Å². The number of nitrogens with two attached hydrogens (primary N) is 1. The van der Waals surface area contributed by atoms with E-state index >= 15 is 0 Å². The summed E-state index contributed by atoms with van der Waals surface area (Å²) in [6.07, 6.45) is -4.86. The molecule has 0 aliphatic carbocycles. The number of Topliss-reactive ketones (excluding diaryl/α,β-unsaturated/α-hetero) is 1. The van der Waals surface area contributed by atoms with Crippen LogP contribution in [-0.2, 0) is 12.7 Å². The molecule has 138 valence electrons. The molecular formula is C18H17F3N2O3. The Morgan fingerprint density at radius 3 is 2.12 bits per heavy atom. The second-order valence-corrected chi connectivity index (χ2v) is 6.09. The van der Waals surface area contributed by atoms with Crippen LogP contribution in [0.15, 0.2) is 41.2 Å². The number of alkyl halides is 3. The summed E-state index contributed by atoms with van der Waals surface area (Å²) in [5, 5.41) is 0. The number of hydrogen-bond donors (Lipinski definition) is 1. The largest absolute Gasteiger partial charge is 0.431 e. The molecule has 0 fully saturated rings. The molecule has 1 heterocycles. The number of benzene rings is 1. The van der Waals surface area contributed by atoms with Crippen molar-refractivity contribution in [1.82, 2.24) is 4.57 Å². The fourth-order valence-electron chi connectivity index (χ4n) is 2.46. The van der Waals surface area contributed by atoms with E-state index in [0.717, 1.165) is 5.56 Å². The number of nitrogens with zero attached hydrogens (tertiary/aromatic N) is 1. The molecule has 0 aliphatic rings. The fourth-order valence-corrected chi connectivity index (χ4v) is 2.46. The Bertz CT molecular complexity index is 897. The second kappa shape index (κ2) is 7.15. The quantitative estimate of drug-likeness (QED) is 0.826. The van der Waals surface area contributed by atoms with Crippen molar-refractivity contribution in [2.45, 2.75) is 32.5 Å². The summed E-state index contributed by atoms with van der Waals surface area (Å²) in [6.45, 7) is 3.07. The first-order chi connectivity index (χ1) is 12.0. The van der Waals surface area contributed by atoms with Gasteiger partial charge in [0.05, 0.1) is 6.54 Å². The van der Waals surface area contributed by atoms with Gasteiger partial charge >= 0.3 is 6.18 Å². The lowest BCUT2D eigenvalue weighted by Crippen LogP contribution is -2.35. The first-order valence-electron chi connectivity index (χ1n) is 7.76. The maximum atomic E-state index is 13.2. The van der Waals surface area contributed by atoms with Gasteiger partial charge in [-0.2, -0.15) is 13.2 Å². The number of rotatable bonds is 5. The van der Waals surface area contributed by atoms with E-state index in [1.165, 1.54) is 12.1 Å². The van der Waals surface area contributed by atoms with Crippen LogP contribution in [0.25, 0.3) is 0 Å². The van der Waals surface area contributed by atoms with Crippen molar-refractivity contribution in [3.63, 3.8) is 0 Å². The molecule has 26 heavy (non-hydrogen) atoms. The monoisotopic (exact) mass is 366 g/mol. The first kappa shape index (κ1) is 19.4. The van der Waals surface area contributed by atoms with Gasteiger partial charge < -0.3 is 5.73 Å². The van der Waals surface area contributed by atoms with Crippen molar-refractivity contribution < 1.29 is 22.8 Å². The lowest BCUT2D eigenvalue weighted by atomic mass is 10.0. The Labute approximate surface area is 147 Å². The highest BCUT2D eigenvalue weighted by atomic mass is 19.4. The molecule has 0 atom stereocenters. The molecule has 0 radical (unpaired) electrons. The van der Waals surface area contributed by atoms with E-state index in [0.29, 0.717) is 12.1 Å². The van der Waals surface area contributed by atoms with E-state index in [4.69, 9.17) is 5.73 Å². The minimum Gasteiger partial charge on any atom is -0.365 e. The summed E-state index contributed by atoms with van der Waals surface area (Å²) in [5.41, 5.74) is 2.96. The van der Waals surface area contributed by atoms with Crippen LogP contribution in [0, 0.1) is 0 Å². The van der Waals surface area contributed by atoms with Crippen LogP contribution in [0.2, 0.25) is 0 Å². The molecule has 0 spiro atoms. The van der Waals surface area contributed by atoms with Crippen molar-refractivity contribution in [3.8, 4) is 0 Å². The smallest absolute Gasteiger partial charge is 0.365 e. The van der Waals surface area contributed by atoms with E-state index in [9.17, 15) is 27.6 Å². The first-order valence-corrected chi connectivity index (χ1v) is 7.76. The number of aromatic nitrogens is 1. The van der Waals surface area contributed by atoms with Crippen molar-refractivity contribution >= 4 is 11.7 Å². The van der Waals surface area contributed by atoms with Gasteiger partial charge in [-0.05, 0) is 23.6 Å². The SMILES string of the molecule is CC(C)c1ccc(C(=O)Cn2c(C(F)(F)F)ccc(C(N)=O)c2=O)cc1. The highest BCUT2D eigenvalue weighted by Crippen LogP contribution is 2.28. The molecule has 2 rings (SSSR count). The third kappa shape index (κ3) is 4.01. The van der Waals surface area contributed by atoms with Gasteiger partial charge in [-0.1, -0.05) is 38.1 Å². The van der Waals surface area contributed by atoms with Gasteiger partial charge in [0.2, 0.25) is 0 Å². The maximum Gasteiger partial charge on any atom is 0.431 e. The van der Waals surface area contributed by atoms with Crippen LogP contribution in [0.5, 0.6) is 0 Å². The van der Waals surface area contributed by atoms with Gasteiger partial charge in [-0.25, -0.2) is 0 Å². The van der Waals surface area contributed by atoms with Crippen LogP contribution < -0.4 is 11.3 Å². The van der Waals surface area contributed by atoms with Gasteiger partial charge in [0.1, 0.15) is 11.3 Å². The third-order valence-electron chi connectivity index (χ3n) is 3.93. The zero-order valence-corrected chi connectivity index (χ0v) is 14.1. The van der Waals surface area contributed by atoms with Gasteiger partial charge in [0, 0.05) is 5.56 Å². The van der Waals surface area contributed by atoms with Gasteiger partial charge in [-0.3, -0.25) is 19.0 Å². The van der Waals surface area contributed by atoms with Crippen LogP contribution >= 0.6 is 0 Å². The Kier molecular flexibility index (Phi) is 5.34. The summed E-state index contributed by atoms with van der Waals surface area (Å²) in [5.74, 6) is -1.62. The van der Waals surface area contributed by atoms with Crippen molar-refractivity contribution in [3.05, 3.63) is 69.1 Å². The van der Waals surface area contributed by atoms with Crippen molar-refractivity contribution in [2.75, 3.05) is 0 Å². The van der Waals surface area contributed by atoms with Gasteiger partial charge in [0.25, 0.3) is 11.5 Å². The summed E-state index contributed by atoms with van der Waals surface area (Å²) in [4.78, 5) is 35.8. The molecule has 1 aromatic carbocycles. The highest BCUT2D eigenvalue weighted by Gasteiger charge is 2.35. The Hall–Kier alpha value is -2.90. The summed E-state index contributed by atoms with van der Waals surface area (Å²) >= 11 is 0. The minimum absolute atomic E-state index is 0.166. The Balaban J connectivity index is 2.46. The number of ketones is 1. The number of carbonyl (C=O) groups is 2. The Morgan fingerprint density at radius 2 is 1.65 bits per heavy atom. The van der Waals surface area contributed by atoms with Gasteiger partial charge in [-0.15, -0.1) is 0 Å². The molecule has 1 aromatic heterocycles. The zero-order valence-electron chi connectivity index (χ0n) is 14.1. The second-order valence-electron chi connectivity index (χ2n) is 6.09. The number of halogens is 3. The minimum atomic E-state index is -4.86. The molecule has 2 aromatic rings. The zero-order chi connectivity index (χ0) is 19.6. The van der Waals surface area contributed by atoms with E-state index in [-0.39, 0.29) is 16.0 Å². The molecule has 1 amide bonds. The fraction of sp³-hybridized carbons (Fsp3) is 0.278. The maximum absolute atomic E-state index is 13.2. The van der Waals surface area contributed by atoms with Crippen molar-refractivity contribution in [1.29, 1.82) is 0 Å². The summed E-state index contributed by atoms with van der Waals surface area (Å²) in [6, 6.07) is 7.67. The third-order valence-corrected chi connectivity index (χ3v) is 3.93. The molecule has 8 heteroatoms. The average molecular weight is 366 g/mol. The number of pyridine rings is 1. The van der Waals surface area contributed by atoms with E-state index in [1.54, 1.807) is 12.1 Å². The number of primary amides is 1. The van der Waals surface area contributed by atoms with E-state index in [2.05, 4.69) is 0 Å². The molecule has 0 saturated carbocycles. The number of amides is 1. The molecule has 0 bridgehead atoms. The van der Waals surface area contributed by atoms with Gasteiger partial charge in [0.15, 0.2) is 5.78 Å². The molecular weight excluding hydrogens is 349 g/mol. The summed E-state index contributed by atoms with van der Waals surface area (Å²) < 4.78 is 39.7. The molecule has 0 unspecified atom stereocenters. The molecule has 0 saturated heterocycles. The van der Waals surface area contributed by atoms with E-state index in [1.807, 2.05) is 13.8 Å². The number of carbonyl (C=O) groups excluding carboxylic acids is 2. The lowest BCUT2D eigenvalue weighted by Gasteiger charge is -2.16. The Morgan fingerprint density at radius 1 is 1.08 bits per heavy atom. The average Bonchev–Trinajstić information content (AvgIpc) is 2.55. The normalized spacial score (nSPS) is 11.6. The predicted octanol–water partition coefficient (Wildman–Crippen LogP) is 2.97. The summed E-state index contributed by atoms with van der Waals surface area (Å²) in [7, 11) is 0. The van der Waals surface area contributed by atoms with E-state index < -0.39 is 41.2 Å². The van der Waals surface area contributed by atoms with Crippen LogP contribution in [-0.4, -0.2) is 16.3 Å². The molecule has 0 aliphatic heterocycles. The number of hydrogen-bond acceptors (Lipinski definition) is 3. The highest BCUT2D eigenvalue weighted by molar-refractivity contribution is 5.96. The topological polar surface area (TPSA) is 82.2 Å². The standard InChI is InChI=1S/C18H17F3N2O3/c1-10(2)11-3-5-12(6-4-11)14(24)9-23-15(18(19,20)21)8-7-13(16(22)25)17(23)26/h3-8,10H,9H2,1-2H3,(H2,22,25).